The normalized spacial score (nSPS) is 11.5. The van der Waals surface area contributed by atoms with Gasteiger partial charge in [0.05, 0.1) is 5.69 Å². The average Bonchev–Trinajstić information content (AvgIpc) is 3.77. The van der Waals surface area contributed by atoms with Crippen LogP contribution in [0.15, 0.2) is 265 Å². The van der Waals surface area contributed by atoms with E-state index in [-0.39, 0.29) is 0 Å². The van der Waals surface area contributed by atoms with Crippen LogP contribution in [0.5, 0.6) is 0 Å². The van der Waals surface area contributed by atoms with Crippen LogP contribution in [0.25, 0.3) is 65.0 Å². The summed E-state index contributed by atoms with van der Waals surface area (Å²) in [5.41, 5.74) is 11.4. The first-order valence-electron chi connectivity index (χ1n) is 23.2. The molecule has 0 amide bonds. The Bertz CT molecular complexity index is 3990. The largest absolute Gasteiger partial charge is 0.456 e. The molecule has 4 heteroatoms. The molecular weight excluding hydrogens is 827 g/mol. The Kier molecular flexibility index (Phi) is 9.47. The lowest BCUT2D eigenvalue weighted by atomic mass is 9.99. The Labute approximate surface area is 394 Å². The first-order valence-corrected chi connectivity index (χ1v) is 23.2. The third-order valence-electron chi connectivity index (χ3n) is 13.3. The third-order valence-corrected chi connectivity index (χ3v) is 13.3. The standard InChI is InChI=1S/C64H43N3O/c1-3-19-49(20-4-1)65(55-33-31-44-15-7-8-17-47(44)39-55)51-35-37-52(38-36-51)66(56-34-32-46-29-30-48-40-64-61(43-60(48)59(46)42-56)58-26-11-12-28-63(58)68-64)53-23-14-24-54(41-53)67(50-21-5-2-6-22-50)62-27-13-18-45-16-9-10-25-57(45)62/h1-43H. The monoisotopic (exact) mass is 869 g/mol. The number of nitrogens with zero attached hydrogens (tertiary/aromatic N) is 3. The maximum atomic E-state index is 6.35. The zero-order valence-corrected chi connectivity index (χ0v) is 37.1. The van der Waals surface area contributed by atoms with Crippen LogP contribution < -0.4 is 14.7 Å². The molecule has 0 atom stereocenters. The highest BCUT2D eigenvalue weighted by atomic mass is 16.3. The minimum atomic E-state index is 0.898. The lowest BCUT2D eigenvalue weighted by Crippen LogP contribution is -2.14. The Balaban J connectivity index is 1.000. The molecule has 68 heavy (non-hydrogen) atoms. The van der Waals surface area contributed by atoms with Gasteiger partial charge in [0.15, 0.2) is 0 Å². The first-order chi connectivity index (χ1) is 33.7. The number of hydrogen-bond donors (Lipinski definition) is 0. The number of fused-ring (bicyclic) bond motifs is 8. The Morgan fingerprint density at radius 1 is 0.206 bits per heavy atom. The number of para-hydroxylation sites is 3. The van der Waals surface area contributed by atoms with E-state index in [1.807, 2.05) is 12.1 Å². The molecule has 0 N–H and O–H groups in total. The van der Waals surface area contributed by atoms with Gasteiger partial charge in [-0.25, -0.2) is 0 Å². The molecule has 0 saturated heterocycles. The lowest BCUT2D eigenvalue weighted by molar-refractivity contribution is 0.669. The molecule has 320 valence electrons. The van der Waals surface area contributed by atoms with Crippen LogP contribution in [-0.2, 0) is 0 Å². The summed E-state index contributed by atoms with van der Waals surface area (Å²) in [6.45, 7) is 0. The highest BCUT2D eigenvalue weighted by molar-refractivity contribution is 6.17. The molecular formula is C64H43N3O. The first kappa shape index (κ1) is 39.3. The number of hydrogen-bond acceptors (Lipinski definition) is 4. The number of rotatable bonds is 9. The molecule has 0 aliphatic rings. The SMILES string of the molecule is c1ccc(N(c2ccc(N(c3cccc(N(c4ccccc4)c4cccc5ccccc45)c3)c3ccc4ccc5cc6oc7ccccc7c6cc5c4c3)cc2)c2ccc3ccccc3c2)cc1. The van der Waals surface area contributed by atoms with E-state index in [2.05, 4.69) is 263 Å². The topological polar surface area (TPSA) is 22.9 Å². The van der Waals surface area contributed by atoms with Gasteiger partial charge in [-0.3, -0.25) is 0 Å². The number of furan rings is 1. The van der Waals surface area contributed by atoms with Crippen molar-refractivity contribution in [2.75, 3.05) is 14.7 Å². The number of benzene rings is 12. The molecule has 0 saturated carbocycles. The van der Waals surface area contributed by atoms with Crippen LogP contribution in [0.3, 0.4) is 0 Å². The van der Waals surface area contributed by atoms with Crippen molar-refractivity contribution in [3.63, 3.8) is 0 Å². The highest BCUT2D eigenvalue weighted by Gasteiger charge is 2.21. The Morgan fingerprint density at radius 2 is 0.662 bits per heavy atom. The minimum absolute atomic E-state index is 0.898. The molecule has 0 fully saturated rings. The Hall–Kier alpha value is -9.12. The second-order valence-electron chi connectivity index (χ2n) is 17.4. The number of anilines is 9. The van der Waals surface area contributed by atoms with Crippen molar-refractivity contribution in [2.45, 2.75) is 0 Å². The van der Waals surface area contributed by atoms with E-state index in [4.69, 9.17) is 4.42 Å². The van der Waals surface area contributed by atoms with E-state index in [9.17, 15) is 0 Å². The van der Waals surface area contributed by atoms with Crippen molar-refractivity contribution in [2.24, 2.45) is 0 Å². The van der Waals surface area contributed by atoms with Gasteiger partial charge in [-0.05, 0) is 153 Å². The van der Waals surface area contributed by atoms with Gasteiger partial charge >= 0.3 is 0 Å². The summed E-state index contributed by atoms with van der Waals surface area (Å²) < 4.78 is 6.35. The molecule has 4 nitrogen and oxygen atoms in total. The molecule has 0 aliphatic carbocycles. The summed E-state index contributed by atoms with van der Waals surface area (Å²) in [4.78, 5) is 7.11. The molecule has 0 spiro atoms. The summed E-state index contributed by atoms with van der Waals surface area (Å²) in [7, 11) is 0. The molecule has 1 aromatic heterocycles. The lowest BCUT2D eigenvalue weighted by Gasteiger charge is -2.31. The average molecular weight is 870 g/mol. The molecule has 13 aromatic rings. The van der Waals surface area contributed by atoms with Crippen molar-refractivity contribution in [1.82, 2.24) is 0 Å². The van der Waals surface area contributed by atoms with Crippen LogP contribution in [0, 0.1) is 0 Å². The molecule has 13 rings (SSSR count). The second-order valence-corrected chi connectivity index (χ2v) is 17.4. The van der Waals surface area contributed by atoms with Crippen molar-refractivity contribution in [1.29, 1.82) is 0 Å². The predicted molar refractivity (Wildman–Crippen MR) is 288 cm³/mol. The van der Waals surface area contributed by atoms with Crippen LogP contribution in [0.4, 0.5) is 51.2 Å². The van der Waals surface area contributed by atoms with Gasteiger partial charge in [0, 0.05) is 61.7 Å². The zero-order chi connectivity index (χ0) is 45.0. The van der Waals surface area contributed by atoms with Crippen LogP contribution in [0.1, 0.15) is 0 Å². The van der Waals surface area contributed by atoms with E-state index >= 15 is 0 Å². The summed E-state index contributed by atoms with van der Waals surface area (Å²) >= 11 is 0. The molecule has 0 unspecified atom stereocenters. The van der Waals surface area contributed by atoms with Crippen molar-refractivity contribution in [3.8, 4) is 0 Å². The van der Waals surface area contributed by atoms with E-state index in [1.54, 1.807) is 0 Å². The van der Waals surface area contributed by atoms with Crippen LogP contribution in [0.2, 0.25) is 0 Å². The van der Waals surface area contributed by atoms with E-state index in [0.29, 0.717) is 0 Å². The van der Waals surface area contributed by atoms with Crippen molar-refractivity contribution >= 4 is 116 Å². The fourth-order valence-electron chi connectivity index (χ4n) is 10.1. The summed E-state index contributed by atoms with van der Waals surface area (Å²) in [6, 6.07) is 93.9. The second kappa shape index (κ2) is 16.4. The fourth-order valence-corrected chi connectivity index (χ4v) is 10.1. The zero-order valence-electron chi connectivity index (χ0n) is 37.1. The van der Waals surface area contributed by atoms with Crippen molar-refractivity contribution < 1.29 is 4.42 Å². The smallest absolute Gasteiger partial charge is 0.136 e. The van der Waals surface area contributed by atoms with E-state index in [0.717, 1.165) is 78.5 Å². The molecule has 1 heterocycles. The third kappa shape index (κ3) is 6.86. The molecule has 12 aromatic carbocycles. The van der Waals surface area contributed by atoms with Gasteiger partial charge in [0.2, 0.25) is 0 Å². The van der Waals surface area contributed by atoms with Gasteiger partial charge in [0.1, 0.15) is 11.2 Å². The van der Waals surface area contributed by atoms with Gasteiger partial charge in [-0.15, -0.1) is 0 Å². The van der Waals surface area contributed by atoms with Gasteiger partial charge in [-0.1, -0.05) is 146 Å². The summed E-state index contributed by atoms with van der Waals surface area (Å²) in [5.74, 6) is 0. The molecule has 0 aliphatic heterocycles. The summed E-state index contributed by atoms with van der Waals surface area (Å²) in [5, 5.41) is 11.7. The summed E-state index contributed by atoms with van der Waals surface area (Å²) in [6.07, 6.45) is 0. The quantitative estimate of drug-likeness (QED) is 0.135. The van der Waals surface area contributed by atoms with Crippen molar-refractivity contribution in [3.05, 3.63) is 261 Å². The van der Waals surface area contributed by atoms with Crippen LogP contribution >= 0.6 is 0 Å². The maximum absolute atomic E-state index is 6.35. The van der Waals surface area contributed by atoms with Gasteiger partial charge < -0.3 is 19.1 Å². The Morgan fingerprint density at radius 3 is 1.43 bits per heavy atom. The van der Waals surface area contributed by atoms with E-state index in [1.165, 1.54) is 37.7 Å². The minimum Gasteiger partial charge on any atom is -0.456 e. The molecule has 0 bridgehead atoms. The van der Waals surface area contributed by atoms with Crippen LogP contribution in [-0.4, -0.2) is 0 Å². The van der Waals surface area contributed by atoms with Gasteiger partial charge in [0.25, 0.3) is 0 Å². The maximum Gasteiger partial charge on any atom is 0.136 e. The molecule has 0 radical (unpaired) electrons. The predicted octanol–water partition coefficient (Wildman–Crippen LogP) is 18.6. The fraction of sp³-hybridized carbons (Fsp3) is 0. The van der Waals surface area contributed by atoms with Gasteiger partial charge in [-0.2, -0.15) is 0 Å². The van der Waals surface area contributed by atoms with E-state index < -0.39 is 0 Å². The highest BCUT2D eigenvalue weighted by Crippen LogP contribution is 2.45.